The highest BCUT2D eigenvalue weighted by Crippen LogP contribution is 2.27. The van der Waals surface area contributed by atoms with Crippen molar-refractivity contribution in [2.45, 2.75) is 6.92 Å². The molecule has 0 saturated carbocycles. The third kappa shape index (κ3) is 1.65. The molecule has 1 radical (unpaired) electrons. The van der Waals surface area contributed by atoms with Crippen LogP contribution < -0.4 is 10.5 Å². The fraction of sp³-hybridized carbons (Fsp3) is 0.0833. The molecule has 2 rings (SSSR count). The average Bonchev–Trinajstić information content (AvgIpc) is 2.20. The first-order valence-electron chi connectivity index (χ1n) is 4.79. The maximum atomic E-state index is 11.6. The Hall–Kier alpha value is -2.23. The number of aromatic nitrogens is 1. The molecule has 0 aliphatic carbocycles. The number of nitrogen functional groups attached to an aromatic ring is 1. The van der Waals surface area contributed by atoms with Crippen LogP contribution in [0.25, 0.3) is 11.3 Å². The summed E-state index contributed by atoms with van der Waals surface area (Å²) in [7, 11) is 0. The highest BCUT2D eigenvalue weighted by Gasteiger charge is 2.15. The molecule has 81 valence electrons. The van der Waals surface area contributed by atoms with E-state index in [-0.39, 0.29) is 5.75 Å². The van der Waals surface area contributed by atoms with Crippen LogP contribution in [0.2, 0.25) is 0 Å². The fourth-order valence-corrected chi connectivity index (χ4v) is 1.63. The molecule has 0 aliphatic heterocycles. The first-order chi connectivity index (χ1) is 7.59. The zero-order valence-electron chi connectivity index (χ0n) is 8.77. The number of nitrogens with two attached hydrogens (primary N) is 1. The molecule has 0 atom stereocenters. The Morgan fingerprint density at radius 2 is 2.19 bits per heavy atom. The van der Waals surface area contributed by atoms with E-state index < -0.39 is 0 Å². The van der Waals surface area contributed by atoms with Crippen molar-refractivity contribution in [3.63, 3.8) is 0 Å². The molecule has 1 heterocycles. The molecule has 16 heavy (non-hydrogen) atoms. The van der Waals surface area contributed by atoms with Gasteiger partial charge in [0.05, 0.1) is 5.56 Å². The summed E-state index contributed by atoms with van der Waals surface area (Å²) < 4.78 is 0.700. The minimum absolute atomic E-state index is 0.164. The molecule has 0 aliphatic rings. The highest BCUT2D eigenvalue weighted by molar-refractivity contribution is 5.72. The fourth-order valence-electron chi connectivity index (χ4n) is 1.63. The van der Waals surface area contributed by atoms with Gasteiger partial charge in [-0.15, -0.1) is 0 Å². The van der Waals surface area contributed by atoms with Crippen molar-refractivity contribution < 1.29 is 9.84 Å². The first-order valence-corrected chi connectivity index (χ1v) is 4.79. The topological polar surface area (TPSA) is 73.2 Å². The second-order valence-corrected chi connectivity index (χ2v) is 3.55. The molecule has 0 fully saturated rings. The second kappa shape index (κ2) is 3.73. The summed E-state index contributed by atoms with van der Waals surface area (Å²) in [6, 6.07) is 9.02. The van der Waals surface area contributed by atoms with Crippen molar-refractivity contribution in [1.82, 2.24) is 0 Å². The zero-order valence-corrected chi connectivity index (χ0v) is 8.77. The van der Waals surface area contributed by atoms with Gasteiger partial charge >= 0.3 is 0 Å². The zero-order chi connectivity index (χ0) is 11.7. The van der Waals surface area contributed by atoms with Gasteiger partial charge in [0.25, 0.3) is 0 Å². The summed E-state index contributed by atoms with van der Waals surface area (Å²) >= 11 is 0. The molecule has 0 spiro atoms. The molecule has 4 nitrogen and oxygen atoms in total. The SMILES string of the molecule is Cc1cc(O)ccc1-c1c(N)[c]cc[n+]1[O-]. The van der Waals surface area contributed by atoms with E-state index in [0.29, 0.717) is 21.7 Å². The molecule has 0 amide bonds. The van der Waals surface area contributed by atoms with E-state index in [1.165, 1.54) is 18.3 Å². The van der Waals surface area contributed by atoms with Gasteiger partial charge in [0.15, 0.2) is 6.20 Å². The average molecular weight is 215 g/mol. The highest BCUT2D eigenvalue weighted by atomic mass is 16.5. The number of hydrogen-bond donors (Lipinski definition) is 2. The molecule has 0 bridgehead atoms. The van der Waals surface area contributed by atoms with E-state index in [4.69, 9.17) is 5.73 Å². The summed E-state index contributed by atoms with van der Waals surface area (Å²) in [5.74, 6) is 0.164. The Balaban J connectivity index is 2.68. The monoisotopic (exact) mass is 215 g/mol. The van der Waals surface area contributed by atoms with E-state index >= 15 is 0 Å². The Morgan fingerprint density at radius 1 is 1.44 bits per heavy atom. The maximum absolute atomic E-state index is 11.6. The molecule has 1 aromatic heterocycles. The number of pyridine rings is 1. The van der Waals surface area contributed by atoms with E-state index in [1.54, 1.807) is 12.1 Å². The number of rotatable bonds is 1. The van der Waals surface area contributed by atoms with E-state index in [1.807, 2.05) is 6.92 Å². The van der Waals surface area contributed by atoms with Crippen molar-refractivity contribution in [3.05, 3.63) is 47.3 Å². The number of phenols is 1. The number of phenolic OH excluding ortho intramolecular Hbond substituents is 1. The lowest BCUT2D eigenvalue weighted by atomic mass is 10.0. The van der Waals surface area contributed by atoms with Crippen LogP contribution >= 0.6 is 0 Å². The predicted molar refractivity (Wildman–Crippen MR) is 60.5 cm³/mol. The number of anilines is 1. The van der Waals surface area contributed by atoms with Gasteiger partial charge in [-0.2, -0.15) is 4.73 Å². The lowest BCUT2D eigenvalue weighted by Gasteiger charge is -2.09. The van der Waals surface area contributed by atoms with Crippen LogP contribution in [0.3, 0.4) is 0 Å². The summed E-state index contributed by atoms with van der Waals surface area (Å²) in [5, 5.41) is 20.9. The summed E-state index contributed by atoms with van der Waals surface area (Å²) in [6.07, 6.45) is 1.35. The molecular weight excluding hydrogens is 204 g/mol. The Kier molecular flexibility index (Phi) is 2.40. The van der Waals surface area contributed by atoms with Gasteiger partial charge < -0.3 is 16.0 Å². The molecular formula is C12H11N2O2. The molecule has 4 heteroatoms. The van der Waals surface area contributed by atoms with Crippen molar-refractivity contribution in [1.29, 1.82) is 0 Å². The van der Waals surface area contributed by atoms with Crippen LogP contribution in [0.4, 0.5) is 5.69 Å². The van der Waals surface area contributed by atoms with Crippen LogP contribution in [-0.4, -0.2) is 5.11 Å². The van der Waals surface area contributed by atoms with Gasteiger partial charge in [0.1, 0.15) is 11.4 Å². The Morgan fingerprint density at radius 3 is 2.81 bits per heavy atom. The number of nitrogens with zero attached hydrogens (tertiary/aromatic N) is 1. The van der Waals surface area contributed by atoms with Crippen molar-refractivity contribution in [2.75, 3.05) is 5.73 Å². The van der Waals surface area contributed by atoms with Gasteiger partial charge in [-0.05, 0) is 30.7 Å². The van der Waals surface area contributed by atoms with E-state index in [9.17, 15) is 10.3 Å². The summed E-state index contributed by atoms with van der Waals surface area (Å²) in [4.78, 5) is 0. The quantitative estimate of drug-likeness (QED) is 0.557. The van der Waals surface area contributed by atoms with Crippen LogP contribution in [-0.2, 0) is 0 Å². The lowest BCUT2D eigenvalue weighted by molar-refractivity contribution is -0.593. The summed E-state index contributed by atoms with van der Waals surface area (Å²) in [6.45, 7) is 1.81. The second-order valence-electron chi connectivity index (χ2n) is 3.55. The minimum atomic E-state index is 0.164. The summed E-state index contributed by atoms with van der Waals surface area (Å²) in [5.41, 5.74) is 7.86. The smallest absolute Gasteiger partial charge is 0.247 e. The largest absolute Gasteiger partial charge is 0.618 e. The predicted octanol–water partition coefficient (Wildman–Crippen LogP) is 1.38. The number of aromatic hydroxyl groups is 1. The lowest BCUT2D eigenvalue weighted by Crippen LogP contribution is -2.29. The Bertz CT molecular complexity index is 518. The van der Waals surface area contributed by atoms with Gasteiger partial charge in [0.2, 0.25) is 5.69 Å². The van der Waals surface area contributed by atoms with Gasteiger partial charge in [-0.25, -0.2) is 0 Å². The third-order valence-electron chi connectivity index (χ3n) is 2.39. The van der Waals surface area contributed by atoms with Crippen LogP contribution in [0.15, 0.2) is 30.5 Å². The van der Waals surface area contributed by atoms with E-state index in [0.717, 1.165) is 5.56 Å². The number of aryl methyl sites for hydroxylation is 1. The number of hydrogen-bond acceptors (Lipinski definition) is 3. The minimum Gasteiger partial charge on any atom is -0.618 e. The van der Waals surface area contributed by atoms with Gasteiger partial charge in [-0.3, -0.25) is 0 Å². The third-order valence-corrected chi connectivity index (χ3v) is 2.39. The van der Waals surface area contributed by atoms with Crippen molar-refractivity contribution in [3.8, 4) is 17.0 Å². The number of benzene rings is 1. The van der Waals surface area contributed by atoms with Crippen molar-refractivity contribution >= 4 is 5.69 Å². The Labute approximate surface area is 93.2 Å². The molecule has 0 unspecified atom stereocenters. The molecule has 1 aromatic carbocycles. The molecule has 2 aromatic rings. The van der Waals surface area contributed by atoms with Gasteiger partial charge in [0, 0.05) is 12.1 Å². The molecule has 0 saturated heterocycles. The van der Waals surface area contributed by atoms with E-state index in [2.05, 4.69) is 6.07 Å². The van der Waals surface area contributed by atoms with Crippen LogP contribution in [0, 0.1) is 18.2 Å². The van der Waals surface area contributed by atoms with Gasteiger partial charge in [-0.1, -0.05) is 0 Å². The van der Waals surface area contributed by atoms with Crippen molar-refractivity contribution in [2.24, 2.45) is 0 Å². The first kappa shape index (κ1) is 10.3. The normalized spacial score (nSPS) is 10.3. The standard InChI is InChI=1S/C12H11N2O2/c1-8-7-9(15)4-5-10(8)12-11(13)3-2-6-14(12)16/h2,4-7,15H,13H2,1H3. The van der Waals surface area contributed by atoms with Crippen LogP contribution in [0.5, 0.6) is 5.75 Å². The van der Waals surface area contributed by atoms with Crippen LogP contribution in [0.1, 0.15) is 5.56 Å². The molecule has 3 N–H and O–H groups in total. The maximum Gasteiger partial charge on any atom is 0.247 e.